The molecule has 2 rings (SSSR count). The molecule has 0 saturated carbocycles. The number of ether oxygens (including phenoxy) is 1. The van der Waals surface area contributed by atoms with Gasteiger partial charge in [0.25, 0.3) is 0 Å². The first-order valence-electron chi connectivity index (χ1n) is 7.76. The van der Waals surface area contributed by atoms with Crippen molar-refractivity contribution in [1.29, 1.82) is 0 Å². The Hall–Kier alpha value is -1.45. The van der Waals surface area contributed by atoms with Crippen LogP contribution in [0.15, 0.2) is 30.3 Å². The van der Waals surface area contributed by atoms with E-state index in [0.717, 1.165) is 30.8 Å². The number of nitrogens with one attached hydrogen (secondary N) is 1. The second kappa shape index (κ2) is 7.53. The largest absolute Gasteiger partial charge is 0.385 e. The Morgan fingerprint density at radius 1 is 1.29 bits per heavy atom. The molecule has 3 nitrogen and oxygen atoms in total. The smallest absolute Gasteiger partial charge is 0.0708 e. The zero-order valence-electron chi connectivity index (χ0n) is 13.5. The maximum Gasteiger partial charge on any atom is 0.0708 e. The number of aromatic nitrogens is 1. The Morgan fingerprint density at radius 3 is 2.76 bits per heavy atom. The average molecular weight is 286 g/mol. The highest BCUT2D eigenvalue weighted by Gasteiger charge is 2.20. The minimum absolute atomic E-state index is 0.272. The van der Waals surface area contributed by atoms with Crippen molar-refractivity contribution in [2.24, 2.45) is 5.92 Å². The lowest BCUT2D eigenvalue weighted by Crippen LogP contribution is -2.28. The van der Waals surface area contributed by atoms with E-state index in [4.69, 9.17) is 9.72 Å². The fourth-order valence-electron chi connectivity index (χ4n) is 2.82. The van der Waals surface area contributed by atoms with E-state index in [2.05, 4.69) is 56.4 Å². The number of rotatable bonds is 7. The highest BCUT2D eigenvalue weighted by molar-refractivity contribution is 5.82. The molecule has 114 valence electrons. The molecule has 2 unspecified atom stereocenters. The van der Waals surface area contributed by atoms with Gasteiger partial charge < -0.3 is 10.1 Å². The highest BCUT2D eigenvalue weighted by Crippen LogP contribution is 2.27. The summed E-state index contributed by atoms with van der Waals surface area (Å²) in [5.41, 5.74) is 3.50. The zero-order valence-corrected chi connectivity index (χ0v) is 13.5. The standard InChI is InChI=1S/C18H26N2O/c1-5-19-18(13(2)10-11-21-4)17-12-14(3)15-8-6-7-9-16(15)20-17/h6-9,12-13,18-19H,5,10-11H2,1-4H3. The van der Waals surface area contributed by atoms with Crippen molar-refractivity contribution in [3.05, 3.63) is 41.6 Å². The predicted molar refractivity (Wildman–Crippen MR) is 88.6 cm³/mol. The van der Waals surface area contributed by atoms with Crippen LogP contribution in [0.4, 0.5) is 0 Å². The molecule has 2 atom stereocenters. The molecule has 21 heavy (non-hydrogen) atoms. The number of para-hydroxylation sites is 1. The van der Waals surface area contributed by atoms with Crippen molar-refractivity contribution in [1.82, 2.24) is 10.3 Å². The van der Waals surface area contributed by atoms with Crippen LogP contribution in [0.3, 0.4) is 0 Å². The topological polar surface area (TPSA) is 34.2 Å². The van der Waals surface area contributed by atoms with Gasteiger partial charge in [-0.1, -0.05) is 32.0 Å². The fraction of sp³-hybridized carbons (Fsp3) is 0.500. The van der Waals surface area contributed by atoms with Gasteiger partial charge in [-0.2, -0.15) is 0 Å². The Morgan fingerprint density at radius 2 is 2.05 bits per heavy atom. The van der Waals surface area contributed by atoms with E-state index >= 15 is 0 Å². The Kier molecular flexibility index (Phi) is 5.71. The Balaban J connectivity index is 2.35. The van der Waals surface area contributed by atoms with E-state index in [1.807, 2.05) is 0 Å². The number of hydrogen-bond acceptors (Lipinski definition) is 3. The van der Waals surface area contributed by atoms with E-state index in [1.54, 1.807) is 7.11 Å². The maximum absolute atomic E-state index is 5.22. The van der Waals surface area contributed by atoms with Gasteiger partial charge in [0, 0.05) is 19.1 Å². The number of pyridine rings is 1. The Labute approximate surface area is 127 Å². The monoisotopic (exact) mass is 286 g/mol. The fourth-order valence-corrected chi connectivity index (χ4v) is 2.82. The van der Waals surface area contributed by atoms with Crippen LogP contribution in [0.5, 0.6) is 0 Å². The lowest BCUT2D eigenvalue weighted by Gasteiger charge is -2.25. The summed E-state index contributed by atoms with van der Waals surface area (Å²) in [6.45, 7) is 8.30. The average Bonchev–Trinajstić information content (AvgIpc) is 2.50. The quantitative estimate of drug-likeness (QED) is 0.839. The summed E-state index contributed by atoms with van der Waals surface area (Å²) >= 11 is 0. The van der Waals surface area contributed by atoms with Crippen LogP contribution >= 0.6 is 0 Å². The van der Waals surface area contributed by atoms with E-state index in [9.17, 15) is 0 Å². The summed E-state index contributed by atoms with van der Waals surface area (Å²) in [4.78, 5) is 4.88. The van der Waals surface area contributed by atoms with E-state index < -0.39 is 0 Å². The van der Waals surface area contributed by atoms with Gasteiger partial charge in [0.2, 0.25) is 0 Å². The van der Waals surface area contributed by atoms with E-state index in [-0.39, 0.29) is 6.04 Å². The lowest BCUT2D eigenvalue weighted by atomic mass is 9.94. The molecule has 1 heterocycles. The van der Waals surface area contributed by atoms with Gasteiger partial charge in [-0.15, -0.1) is 0 Å². The van der Waals surface area contributed by atoms with Gasteiger partial charge in [-0.3, -0.25) is 4.98 Å². The van der Waals surface area contributed by atoms with Gasteiger partial charge >= 0.3 is 0 Å². The summed E-state index contributed by atoms with van der Waals surface area (Å²) in [5, 5.41) is 4.82. The van der Waals surface area contributed by atoms with Crippen LogP contribution in [-0.4, -0.2) is 25.2 Å². The van der Waals surface area contributed by atoms with Crippen molar-refractivity contribution < 1.29 is 4.74 Å². The molecule has 0 amide bonds. The van der Waals surface area contributed by atoms with Gasteiger partial charge in [-0.05, 0) is 43.5 Å². The first-order valence-corrected chi connectivity index (χ1v) is 7.76. The van der Waals surface area contributed by atoms with Gasteiger partial charge in [0.05, 0.1) is 17.3 Å². The van der Waals surface area contributed by atoms with E-state index in [0.29, 0.717) is 5.92 Å². The van der Waals surface area contributed by atoms with Crippen LogP contribution in [0.1, 0.15) is 37.6 Å². The molecule has 0 aliphatic rings. The van der Waals surface area contributed by atoms with Gasteiger partial charge in [-0.25, -0.2) is 0 Å². The second-order valence-corrected chi connectivity index (χ2v) is 5.68. The molecule has 0 fully saturated rings. The molecular weight excluding hydrogens is 260 g/mol. The number of methoxy groups -OCH3 is 1. The molecule has 1 aromatic carbocycles. The molecule has 1 N–H and O–H groups in total. The molecule has 1 aromatic heterocycles. The Bertz CT molecular complexity index is 582. The predicted octanol–water partition coefficient (Wildman–Crippen LogP) is 3.87. The SMILES string of the molecule is CCNC(c1cc(C)c2ccccc2n1)C(C)CCOC. The first kappa shape index (κ1) is 15.9. The number of fused-ring (bicyclic) bond motifs is 1. The van der Waals surface area contributed by atoms with Gasteiger partial charge in [0.15, 0.2) is 0 Å². The van der Waals surface area contributed by atoms with Crippen molar-refractivity contribution in [3.8, 4) is 0 Å². The van der Waals surface area contributed by atoms with Crippen LogP contribution in [0, 0.1) is 12.8 Å². The molecule has 3 heteroatoms. The molecule has 0 bridgehead atoms. The lowest BCUT2D eigenvalue weighted by molar-refractivity contribution is 0.170. The molecule has 0 spiro atoms. The third-order valence-electron chi connectivity index (χ3n) is 4.03. The normalized spacial score (nSPS) is 14.3. The van der Waals surface area contributed by atoms with Crippen LogP contribution in [0.2, 0.25) is 0 Å². The number of aryl methyl sites for hydroxylation is 1. The number of benzene rings is 1. The van der Waals surface area contributed by atoms with Crippen molar-refractivity contribution >= 4 is 10.9 Å². The summed E-state index contributed by atoms with van der Waals surface area (Å²) in [7, 11) is 1.76. The van der Waals surface area contributed by atoms with Crippen LogP contribution < -0.4 is 5.32 Å². The van der Waals surface area contributed by atoms with Gasteiger partial charge in [0.1, 0.15) is 0 Å². The third-order valence-corrected chi connectivity index (χ3v) is 4.03. The minimum Gasteiger partial charge on any atom is -0.385 e. The van der Waals surface area contributed by atoms with Crippen molar-refractivity contribution in [3.63, 3.8) is 0 Å². The summed E-state index contributed by atoms with van der Waals surface area (Å²) in [6.07, 6.45) is 1.03. The van der Waals surface area contributed by atoms with Crippen LogP contribution in [0.25, 0.3) is 10.9 Å². The molecule has 0 saturated heterocycles. The summed E-state index contributed by atoms with van der Waals surface area (Å²) < 4.78 is 5.22. The summed E-state index contributed by atoms with van der Waals surface area (Å²) in [5.74, 6) is 0.484. The third kappa shape index (κ3) is 3.80. The molecule has 2 aromatic rings. The zero-order chi connectivity index (χ0) is 15.2. The molecular formula is C18H26N2O. The van der Waals surface area contributed by atoms with Crippen molar-refractivity contribution in [2.45, 2.75) is 33.2 Å². The van der Waals surface area contributed by atoms with Crippen LogP contribution in [-0.2, 0) is 4.74 Å². The minimum atomic E-state index is 0.272. The number of nitrogens with zero attached hydrogens (tertiary/aromatic N) is 1. The maximum atomic E-state index is 5.22. The second-order valence-electron chi connectivity index (χ2n) is 5.68. The molecule has 0 aliphatic heterocycles. The number of hydrogen-bond donors (Lipinski definition) is 1. The van der Waals surface area contributed by atoms with Crippen molar-refractivity contribution in [2.75, 3.05) is 20.3 Å². The van der Waals surface area contributed by atoms with E-state index in [1.165, 1.54) is 10.9 Å². The molecule has 0 aliphatic carbocycles. The molecule has 0 radical (unpaired) electrons. The highest BCUT2D eigenvalue weighted by atomic mass is 16.5. The first-order chi connectivity index (χ1) is 10.2. The summed E-state index contributed by atoms with van der Waals surface area (Å²) in [6, 6.07) is 10.8.